The Kier molecular flexibility index (Phi) is 9.86. The van der Waals surface area contributed by atoms with E-state index in [0.717, 1.165) is 41.9 Å². The number of amides is 2. The van der Waals surface area contributed by atoms with Crippen molar-refractivity contribution in [3.8, 4) is 5.75 Å². The molecule has 1 aliphatic carbocycles. The fourth-order valence-corrected chi connectivity index (χ4v) is 5.94. The number of pyridine rings is 1. The molecule has 0 saturated carbocycles. The number of aliphatic imine (C=N–C) groups is 1. The van der Waals surface area contributed by atoms with Crippen LogP contribution in [0.1, 0.15) is 75.3 Å². The molecule has 5 rings (SSSR count). The van der Waals surface area contributed by atoms with Crippen LogP contribution in [0.5, 0.6) is 5.75 Å². The van der Waals surface area contributed by atoms with Crippen LogP contribution >= 0.6 is 0 Å². The third-order valence-corrected chi connectivity index (χ3v) is 8.78. The van der Waals surface area contributed by atoms with Crippen molar-refractivity contribution in [2.45, 2.75) is 65.5 Å². The molecule has 1 saturated heterocycles. The molecule has 10 heteroatoms. The number of nitrogens with zero attached hydrogens (tertiary/aromatic N) is 3. The van der Waals surface area contributed by atoms with E-state index in [-0.39, 0.29) is 41.4 Å². The number of likely N-dealkylation sites (tertiary alicyclic amines) is 1. The topological polar surface area (TPSA) is 142 Å². The zero-order valence-electron chi connectivity index (χ0n) is 27.5. The average Bonchev–Trinajstić information content (AvgIpc) is 3.45. The van der Waals surface area contributed by atoms with E-state index in [0.29, 0.717) is 36.0 Å². The van der Waals surface area contributed by atoms with Crippen molar-refractivity contribution in [1.29, 1.82) is 16.2 Å². The molecule has 2 amide bonds. The number of benzene rings is 2. The van der Waals surface area contributed by atoms with Gasteiger partial charge in [-0.15, -0.1) is 0 Å². The Morgan fingerprint density at radius 1 is 1.00 bits per heavy atom. The largest absolute Gasteiger partial charge is 0.484 e. The number of urea groups is 1. The Labute approximate surface area is 271 Å². The molecule has 10 nitrogen and oxygen atoms in total. The number of ether oxygens (including phenoxy) is 1. The second-order valence-electron chi connectivity index (χ2n) is 13.5. The summed E-state index contributed by atoms with van der Waals surface area (Å²) in [6.07, 6.45) is 4.00. The molecule has 0 bridgehead atoms. The molecular weight excluding hydrogens is 576 g/mol. The standard InChI is InChI=1S/C36H46N8O2/c1-23-10-12-25(13-11-23)40-33(20-31(37)36(2,3)4)42-35(45)41-29-15-16-30(28-9-7-6-8-27(28)29)46-26-14-17-32(38)44(22-26)34(39)24-18-19-43(5)21-24/h6-14,17,22,24,29-30,37-39H,15-16,18-21H2,1-5H3,(H2,40,41,42,45). The van der Waals surface area contributed by atoms with E-state index >= 15 is 0 Å². The third kappa shape index (κ3) is 7.98. The number of rotatable bonds is 7. The Hall–Kier alpha value is -4.57. The summed E-state index contributed by atoms with van der Waals surface area (Å²) in [6, 6.07) is 18.6. The van der Waals surface area contributed by atoms with Gasteiger partial charge in [-0.05, 0) is 80.6 Å². The second kappa shape index (κ2) is 13.8. The molecule has 46 heavy (non-hydrogen) atoms. The Bertz CT molecular complexity index is 1680. The molecule has 3 aromatic rings. The summed E-state index contributed by atoms with van der Waals surface area (Å²) in [5.74, 6) is 1.54. The lowest BCUT2D eigenvalue weighted by Crippen LogP contribution is -2.43. The molecule has 0 spiro atoms. The summed E-state index contributed by atoms with van der Waals surface area (Å²) in [7, 11) is 2.06. The molecule has 2 heterocycles. The quantitative estimate of drug-likeness (QED) is 0.152. The van der Waals surface area contributed by atoms with Crippen LogP contribution in [0.25, 0.3) is 0 Å². The maximum Gasteiger partial charge on any atom is 0.320 e. The zero-order chi connectivity index (χ0) is 33.0. The molecule has 1 fully saturated rings. The van der Waals surface area contributed by atoms with Gasteiger partial charge in [0.25, 0.3) is 0 Å². The lowest BCUT2D eigenvalue weighted by molar-refractivity contribution is 0.171. The predicted molar refractivity (Wildman–Crippen MR) is 183 cm³/mol. The highest BCUT2D eigenvalue weighted by atomic mass is 16.5. The smallest absolute Gasteiger partial charge is 0.320 e. The van der Waals surface area contributed by atoms with Crippen molar-refractivity contribution in [1.82, 2.24) is 20.1 Å². The van der Waals surface area contributed by atoms with Gasteiger partial charge < -0.3 is 20.4 Å². The highest BCUT2D eigenvalue weighted by Crippen LogP contribution is 2.38. The van der Waals surface area contributed by atoms with Gasteiger partial charge in [-0.2, -0.15) is 0 Å². The maximum atomic E-state index is 13.4. The number of carbonyl (C=O) groups is 1. The van der Waals surface area contributed by atoms with Crippen molar-refractivity contribution >= 4 is 29.1 Å². The van der Waals surface area contributed by atoms with E-state index in [1.807, 2.05) is 76.2 Å². The van der Waals surface area contributed by atoms with Gasteiger partial charge in [0, 0.05) is 24.6 Å². The molecule has 2 aromatic carbocycles. The summed E-state index contributed by atoms with van der Waals surface area (Å²) in [5, 5.41) is 31.9. The van der Waals surface area contributed by atoms with Crippen LogP contribution in [0.2, 0.25) is 0 Å². The minimum atomic E-state index is -0.366. The maximum absolute atomic E-state index is 13.4. The van der Waals surface area contributed by atoms with Gasteiger partial charge in [-0.25, -0.2) is 9.79 Å². The summed E-state index contributed by atoms with van der Waals surface area (Å²) in [6.45, 7) is 9.72. The highest BCUT2D eigenvalue weighted by molar-refractivity contribution is 6.09. The number of aryl methyl sites for hydroxylation is 1. The zero-order valence-corrected chi connectivity index (χ0v) is 27.5. The van der Waals surface area contributed by atoms with E-state index in [4.69, 9.17) is 26.0 Å². The number of aromatic nitrogens is 1. The summed E-state index contributed by atoms with van der Waals surface area (Å²) in [4.78, 5) is 20.3. The van der Waals surface area contributed by atoms with E-state index in [1.165, 1.54) is 0 Å². The molecule has 5 N–H and O–H groups in total. The molecule has 1 aromatic heterocycles. The molecule has 1 aliphatic heterocycles. The van der Waals surface area contributed by atoms with E-state index in [2.05, 4.69) is 22.6 Å². The molecule has 2 aliphatic rings. The van der Waals surface area contributed by atoms with Crippen molar-refractivity contribution in [3.63, 3.8) is 0 Å². The lowest BCUT2D eigenvalue weighted by atomic mass is 9.85. The Morgan fingerprint density at radius 2 is 1.72 bits per heavy atom. The molecule has 0 radical (unpaired) electrons. The van der Waals surface area contributed by atoms with Gasteiger partial charge in [-0.3, -0.25) is 20.7 Å². The van der Waals surface area contributed by atoms with Crippen LogP contribution in [-0.4, -0.2) is 53.0 Å². The first-order valence-electron chi connectivity index (χ1n) is 16.0. The van der Waals surface area contributed by atoms with Crippen molar-refractivity contribution < 1.29 is 9.53 Å². The monoisotopic (exact) mass is 622 g/mol. The summed E-state index contributed by atoms with van der Waals surface area (Å²) < 4.78 is 8.12. The third-order valence-electron chi connectivity index (χ3n) is 8.78. The second-order valence-corrected chi connectivity index (χ2v) is 13.5. The molecular formula is C36H46N8O2. The number of hydrogen-bond acceptors (Lipinski definition) is 7. The summed E-state index contributed by atoms with van der Waals surface area (Å²) >= 11 is 0. The first-order chi connectivity index (χ1) is 21.9. The lowest BCUT2D eigenvalue weighted by Gasteiger charge is -2.32. The van der Waals surface area contributed by atoms with Gasteiger partial charge in [0.2, 0.25) is 0 Å². The van der Waals surface area contributed by atoms with Crippen molar-refractivity contribution in [3.05, 3.63) is 89.0 Å². The van der Waals surface area contributed by atoms with Crippen LogP contribution in [0.15, 0.2) is 71.9 Å². The normalized spacial score (nSPS) is 20.1. The van der Waals surface area contributed by atoms with Gasteiger partial charge in [0.15, 0.2) is 0 Å². The van der Waals surface area contributed by atoms with Crippen LogP contribution < -0.4 is 20.9 Å². The first kappa shape index (κ1) is 32.8. The molecule has 3 unspecified atom stereocenters. The van der Waals surface area contributed by atoms with E-state index < -0.39 is 0 Å². The van der Waals surface area contributed by atoms with E-state index in [9.17, 15) is 4.79 Å². The van der Waals surface area contributed by atoms with Crippen LogP contribution in [0.4, 0.5) is 10.5 Å². The Balaban J connectivity index is 1.30. The average molecular weight is 623 g/mol. The van der Waals surface area contributed by atoms with Gasteiger partial charge in [-0.1, -0.05) is 62.7 Å². The number of fused-ring (bicyclic) bond motifs is 1. The highest BCUT2D eigenvalue weighted by Gasteiger charge is 2.30. The minimum Gasteiger partial charge on any atom is -0.484 e. The number of amidine groups is 1. The number of nitrogens with one attached hydrogen (secondary N) is 5. The summed E-state index contributed by atoms with van der Waals surface area (Å²) in [5.41, 5.74) is 4.21. The van der Waals surface area contributed by atoms with Gasteiger partial charge in [0.1, 0.15) is 29.0 Å². The van der Waals surface area contributed by atoms with Crippen LogP contribution in [-0.2, 0) is 0 Å². The minimum absolute atomic E-state index is 0.0873. The van der Waals surface area contributed by atoms with Crippen molar-refractivity contribution in [2.24, 2.45) is 16.3 Å². The number of carbonyl (C=O) groups excluding carboxylic acids is 1. The first-order valence-corrected chi connectivity index (χ1v) is 16.0. The Morgan fingerprint density at radius 3 is 2.39 bits per heavy atom. The number of hydrogen-bond donors (Lipinski definition) is 5. The van der Waals surface area contributed by atoms with Gasteiger partial charge >= 0.3 is 6.03 Å². The fourth-order valence-electron chi connectivity index (χ4n) is 5.94. The molecule has 242 valence electrons. The van der Waals surface area contributed by atoms with E-state index in [1.54, 1.807) is 22.9 Å². The fraction of sp³-hybridized carbons (Fsp3) is 0.417. The van der Waals surface area contributed by atoms with Gasteiger partial charge in [0.05, 0.1) is 17.9 Å². The predicted octanol–water partition coefficient (Wildman–Crippen LogP) is 6.49. The SMILES string of the molecule is Cc1ccc(N=C(CC(=N)C(C)(C)C)NC(=O)NC2CCC(Oc3ccc(=N)n(C(=N)C4CCN(C)C4)c3)c3ccccc32)cc1. The molecule has 3 atom stereocenters. The van der Waals surface area contributed by atoms with Crippen molar-refractivity contribution in [2.75, 3.05) is 20.1 Å². The van der Waals surface area contributed by atoms with Crippen LogP contribution in [0, 0.1) is 34.5 Å². The van der Waals surface area contributed by atoms with Crippen LogP contribution in [0.3, 0.4) is 0 Å².